The second kappa shape index (κ2) is 9.76. The summed E-state index contributed by atoms with van der Waals surface area (Å²) in [6.45, 7) is 4.06. The molecular weight excluding hydrogens is 472 g/mol. The maximum atomic E-state index is 13.2. The van der Waals surface area contributed by atoms with E-state index in [9.17, 15) is 18.0 Å². The average molecular weight is 487 g/mol. The Kier molecular flexibility index (Phi) is 7.30. The van der Waals surface area contributed by atoms with Gasteiger partial charge in [0.15, 0.2) is 11.0 Å². The summed E-state index contributed by atoms with van der Waals surface area (Å²) >= 11 is 12.9. The van der Waals surface area contributed by atoms with Crippen LogP contribution in [0.1, 0.15) is 5.56 Å². The van der Waals surface area contributed by atoms with Crippen LogP contribution in [0.4, 0.5) is 18.9 Å². The lowest BCUT2D eigenvalue weighted by molar-refractivity contribution is -0.137. The predicted octanol–water partition coefficient (Wildman–Crippen LogP) is 6.19. The van der Waals surface area contributed by atoms with Crippen molar-refractivity contribution in [3.8, 4) is 11.4 Å². The number of carbonyl (C=O) groups is 1. The first-order valence-electron chi connectivity index (χ1n) is 8.79. The first-order chi connectivity index (χ1) is 14.7. The molecule has 5 nitrogen and oxygen atoms in total. The number of hydrogen-bond acceptors (Lipinski definition) is 4. The molecule has 0 bridgehead atoms. The molecule has 0 aliphatic heterocycles. The minimum atomic E-state index is -4.66. The maximum Gasteiger partial charge on any atom is 0.418 e. The second-order valence-corrected chi connectivity index (χ2v) is 8.00. The fourth-order valence-corrected chi connectivity index (χ4v) is 3.85. The number of anilines is 1. The van der Waals surface area contributed by atoms with Gasteiger partial charge in [0, 0.05) is 17.1 Å². The Bertz CT molecular complexity index is 1120. The van der Waals surface area contributed by atoms with Gasteiger partial charge < -0.3 is 5.32 Å². The number of nitrogens with one attached hydrogen (secondary N) is 1. The van der Waals surface area contributed by atoms with Crippen molar-refractivity contribution in [3.63, 3.8) is 0 Å². The van der Waals surface area contributed by atoms with Gasteiger partial charge in [0.05, 0.1) is 22.0 Å². The normalized spacial score (nSPS) is 11.4. The Balaban J connectivity index is 1.77. The van der Waals surface area contributed by atoms with Crippen molar-refractivity contribution in [2.45, 2.75) is 17.9 Å². The first-order valence-corrected chi connectivity index (χ1v) is 10.5. The molecule has 0 saturated heterocycles. The van der Waals surface area contributed by atoms with Crippen LogP contribution in [-0.2, 0) is 17.5 Å². The summed E-state index contributed by atoms with van der Waals surface area (Å²) < 4.78 is 41.3. The fraction of sp³-hybridized carbons (Fsp3) is 0.150. The number of halogens is 5. The highest BCUT2D eigenvalue weighted by atomic mass is 35.5. The van der Waals surface area contributed by atoms with Gasteiger partial charge in [-0.2, -0.15) is 13.2 Å². The van der Waals surface area contributed by atoms with Crippen LogP contribution >= 0.6 is 35.0 Å². The zero-order valence-electron chi connectivity index (χ0n) is 15.8. The molecule has 1 N–H and O–H groups in total. The molecule has 0 fully saturated rings. The maximum absolute atomic E-state index is 13.2. The molecule has 0 aliphatic carbocycles. The molecule has 3 aromatic rings. The number of benzene rings is 2. The molecule has 3 rings (SSSR count). The van der Waals surface area contributed by atoms with Crippen molar-refractivity contribution in [2.24, 2.45) is 0 Å². The van der Waals surface area contributed by atoms with E-state index >= 15 is 0 Å². The molecule has 0 unspecified atom stereocenters. The van der Waals surface area contributed by atoms with E-state index in [0.717, 1.165) is 23.9 Å². The number of thioether (sulfide) groups is 1. The quantitative estimate of drug-likeness (QED) is 0.319. The summed E-state index contributed by atoms with van der Waals surface area (Å²) in [7, 11) is 0. The van der Waals surface area contributed by atoms with Crippen LogP contribution in [-0.4, -0.2) is 26.4 Å². The lowest BCUT2D eigenvalue weighted by atomic mass is 10.1. The second-order valence-electron chi connectivity index (χ2n) is 6.21. The zero-order chi connectivity index (χ0) is 22.6. The van der Waals surface area contributed by atoms with Crippen LogP contribution in [0.5, 0.6) is 0 Å². The number of carbonyl (C=O) groups excluding carboxylic acids is 1. The van der Waals surface area contributed by atoms with Crippen LogP contribution in [0, 0.1) is 0 Å². The largest absolute Gasteiger partial charge is 0.418 e. The van der Waals surface area contributed by atoms with Crippen LogP contribution in [0.2, 0.25) is 10.0 Å². The third-order valence-electron chi connectivity index (χ3n) is 4.04. The number of nitrogens with zero attached hydrogens (tertiary/aromatic N) is 3. The van der Waals surface area contributed by atoms with Gasteiger partial charge in [-0.25, -0.2) is 0 Å². The van der Waals surface area contributed by atoms with Crippen molar-refractivity contribution in [2.75, 3.05) is 11.1 Å². The first kappa shape index (κ1) is 23.2. The molecule has 0 radical (unpaired) electrons. The third-order valence-corrected chi connectivity index (χ3v) is 5.57. The molecule has 0 saturated carbocycles. The summed E-state index contributed by atoms with van der Waals surface area (Å²) in [5.41, 5.74) is -0.730. The monoisotopic (exact) mass is 486 g/mol. The van der Waals surface area contributed by atoms with E-state index in [1.807, 2.05) is 0 Å². The van der Waals surface area contributed by atoms with Crippen molar-refractivity contribution in [3.05, 3.63) is 70.7 Å². The lowest BCUT2D eigenvalue weighted by Crippen LogP contribution is -2.18. The van der Waals surface area contributed by atoms with Crippen LogP contribution in [0.25, 0.3) is 11.4 Å². The van der Waals surface area contributed by atoms with E-state index < -0.39 is 17.6 Å². The molecule has 31 heavy (non-hydrogen) atoms. The summed E-state index contributed by atoms with van der Waals surface area (Å²) in [5.74, 6) is -0.326. The highest BCUT2D eigenvalue weighted by molar-refractivity contribution is 7.99. The van der Waals surface area contributed by atoms with Crippen LogP contribution in [0.3, 0.4) is 0 Å². The summed E-state index contributed by atoms with van der Waals surface area (Å²) in [6, 6.07) is 10.2. The fourth-order valence-electron chi connectivity index (χ4n) is 2.71. The Hall–Kier alpha value is -2.49. The van der Waals surface area contributed by atoms with E-state index in [2.05, 4.69) is 22.1 Å². The Morgan fingerprint density at radius 2 is 1.94 bits per heavy atom. The van der Waals surface area contributed by atoms with Gasteiger partial charge in [0.2, 0.25) is 5.91 Å². The Morgan fingerprint density at radius 3 is 2.61 bits per heavy atom. The molecule has 162 valence electrons. The number of alkyl halides is 3. The zero-order valence-corrected chi connectivity index (χ0v) is 18.1. The van der Waals surface area contributed by atoms with Crippen molar-refractivity contribution >= 4 is 46.6 Å². The molecular formula is C20H15Cl2F3N4OS. The predicted molar refractivity (Wildman–Crippen MR) is 116 cm³/mol. The van der Waals surface area contributed by atoms with Gasteiger partial charge in [-0.05, 0) is 30.3 Å². The minimum Gasteiger partial charge on any atom is -0.325 e. The van der Waals surface area contributed by atoms with Gasteiger partial charge in [0.1, 0.15) is 0 Å². The Morgan fingerprint density at radius 1 is 1.19 bits per heavy atom. The van der Waals surface area contributed by atoms with Crippen molar-refractivity contribution in [1.82, 2.24) is 14.8 Å². The molecule has 1 heterocycles. The highest BCUT2D eigenvalue weighted by Gasteiger charge is 2.34. The number of hydrogen-bond donors (Lipinski definition) is 1. The number of allylic oxidation sites excluding steroid dienone is 1. The highest BCUT2D eigenvalue weighted by Crippen LogP contribution is 2.36. The van der Waals surface area contributed by atoms with Crippen molar-refractivity contribution < 1.29 is 18.0 Å². The van der Waals surface area contributed by atoms with E-state index in [0.29, 0.717) is 28.1 Å². The smallest absolute Gasteiger partial charge is 0.325 e. The topological polar surface area (TPSA) is 59.8 Å². The van der Waals surface area contributed by atoms with Gasteiger partial charge in [-0.1, -0.05) is 53.2 Å². The van der Waals surface area contributed by atoms with Gasteiger partial charge >= 0.3 is 6.18 Å². The molecule has 0 atom stereocenters. The number of amides is 1. The molecule has 0 aliphatic rings. The number of aromatic nitrogens is 3. The van der Waals surface area contributed by atoms with E-state index in [-0.39, 0.29) is 16.5 Å². The summed E-state index contributed by atoms with van der Waals surface area (Å²) in [5, 5.41) is 11.3. The van der Waals surface area contributed by atoms with Gasteiger partial charge in [-0.3, -0.25) is 9.36 Å². The minimum absolute atomic E-state index is 0.0793. The molecule has 1 aromatic heterocycles. The van der Waals surface area contributed by atoms with Crippen molar-refractivity contribution in [1.29, 1.82) is 0 Å². The Labute approximate surface area is 190 Å². The van der Waals surface area contributed by atoms with Gasteiger partial charge in [0.25, 0.3) is 0 Å². The van der Waals surface area contributed by atoms with E-state index in [4.69, 9.17) is 23.2 Å². The number of rotatable bonds is 7. The molecule has 11 heteroatoms. The SMILES string of the molecule is C=CCn1c(SCC(=O)Nc2ccc(Cl)cc2C(F)(F)F)nnc1-c1ccccc1Cl. The molecule has 2 aromatic carbocycles. The molecule has 1 amide bonds. The lowest BCUT2D eigenvalue weighted by Gasteiger charge is -2.14. The van der Waals surface area contributed by atoms with Crippen LogP contribution < -0.4 is 5.32 Å². The standard InChI is InChI=1S/C20H15Cl2F3N4OS/c1-2-9-29-18(13-5-3-4-6-15(13)22)27-28-19(29)31-11-17(30)26-16-8-7-12(21)10-14(16)20(23,24)25/h2-8,10H,1,9,11H2,(H,26,30). The van der Waals surface area contributed by atoms with E-state index in [1.54, 1.807) is 34.9 Å². The van der Waals surface area contributed by atoms with E-state index in [1.165, 1.54) is 6.07 Å². The summed E-state index contributed by atoms with van der Waals surface area (Å²) in [4.78, 5) is 12.3. The summed E-state index contributed by atoms with van der Waals surface area (Å²) in [6.07, 6.45) is -3.02. The third kappa shape index (κ3) is 5.61. The van der Waals surface area contributed by atoms with Gasteiger partial charge in [-0.15, -0.1) is 16.8 Å². The molecule has 0 spiro atoms. The van der Waals surface area contributed by atoms with Crippen LogP contribution in [0.15, 0.2) is 60.3 Å². The average Bonchev–Trinajstić information content (AvgIpc) is 3.10.